The van der Waals surface area contributed by atoms with Gasteiger partial charge in [0, 0.05) is 18.3 Å². The zero-order chi connectivity index (χ0) is 19.9. The van der Waals surface area contributed by atoms with Gasteiger partial charge in [0.1, 0.15) is 0 Å². The summed E-state index contributed by atoms with van der Waals surface area (Å²) in [7, 11) is 1.42. The van der Waals surface area contributed by atoms with Gasteiger partial charge in [0.15, 0.2) is 5.78 Å². The molecule has 3 atom stereocenters. The van der Waals surface area contributed by atoms with Gasteiger partial charge < -0.3 is 9.84 Å². The molecule has 0 unspecified atom stereocenters. The van der Waals surface area contributed by atoms with Gasteiger partial charge in [-0.05, 0) is 43.1 Å². The summed E-state index contributed by atoms with van der Waals surface area (Å²) in [5.41, 5.74) is -0.00135. The van der Waals surface area contributed by atoms with Crippen molar-refractivity contribution in [3.05, 3.63) is 24.3 Å². The molecule has 0 aromatic rings. The number of aliphatic hydroxyl groups excluding tert-OH is 1. The molecule has 4 nitrogen and oxygen atoms in total. The Labute approximate surface area is 164 Å². The number of carbonyl (C=O) groups excluding carboxylic acids is 2. The quantitative estimate of drug-likeness (QED) is 0.325. The van der Waals surface area contributed by atoms with E-state index in [9.17, 15) is 14.7 Å². The third-order valence-corrected chi connectivity index (χ3v) is 6.50. The third kappa shape index (κ3) is 6.03. The van der Waals surface area contributed by atoms with Crippen molar-refractivity contribution >= 4 is 11.8 Å². The van der Waals surface area contributed by atoms with Crippen LogP contribution in [-0.2, 0) is 14.3 Å². The molecule has 0 aromatic heterocycles. The lowest BCUT2D eigenvalue weighted by Crippen LogP contribution is -2.43. The van der Waals surface area contributed by atoms with Crippen LogP contribution in [0, 0.1) is 23.2 Å². The Morgan fingerprint density at radius 3 is 2.70 bits per heavy atom. The van der Waals surface area contributed by atoms with Gasteiger partial charge in [0.05, 0.1) is 13.2 Å². The molecular formula is C23H36O4. The Hall–Kier alpha value is -1.42. The van der Waals surface area contributed by atoms with Crippen LogP contribution in [0.15, 0.2) is 24.3 Å². The van der Waals surface area contributed by atoms with Gasteiger partial charge in [-0.1, -0.05) is 57.8 Å². The Bertz CT molecular complexity index is 557. The van der Waals surface area contributed by atoms with E-state index in [0.717, 1.165) is 50.9 Å². The van der Waals surface area contributed by atoms with Crippen molar-refractivity contribution in [2.75, 3.05) is 7.11 Å². The minimum atomic E-state index is -0.427. The number of carbonyl (C=O) groups is 2. The van der Waals surface area contributed by atoms with Gasteiger partial charge >= 0.3 is 5.97 Å². The summed E-state index contributed by atoms with van der Waals surface area (Å²) in [4.78, 5) is 23.3. The molecule has 2 aliphatic rings. The molecule has 152 valence electrons. The van der Waals surface area contributed by atoms with E-state index in [1.807, 2.05) is 18.2 Å². The van der Waals surface area contributed by atoms with Crippen LogP contribution >= 0.6 is 0 Å². The van der Waals surface area contributed by atoms with Crippen molar-refractivity contribution in [3.8, 4) is 0 Å². The molecule has 4 heteroatoms. The number of rotatable bonds is 11. The lowest BCUT2D eigenvalue weighted by Gasteiger charge is -2.47. The van der Waals surface area contributed by atoms with Gasteiger partial charge in [-0.3, -0.25) is 9.59 Å². The van der Waals surface area contributed by atoms with Crippen LogP contribution in [-0.4, -0.2) is 30.1 Å². The van der Waals surface area contributed by atoms with E-state index in [4.69, 9.17) is 0 Å². The van der Waals surface area contributed by atoms with E-state index in [0.29, 0.717) is 6.42 Å². The Kier molecular flexibility index (Phi) is 8.28. The van der Waals surface area contributed by atoms with Crippen LogP contribution in [0.3, 0.4) is 0 Å². The molecular weight excluding hydrogens is 340 g/mol. The summed E-state index contributed by atoms with van der Waals surface area (Å²) in [5, 5.41) is 10.6. The summed E-state index contributed by atoms with van der Waals surface area (Å²) in [5.74, 6) is 0.909. The first-order valence-electron chi connectivity index (χ1n) is 10.5. The van der Waals surface area contributed by atoms with E-state index in [1.54, 1.807) is 6.08 Å². The second-order valence-corrected chi connectivity index (χ2v) is 8.64. The molecule has 1 N–H and O–H groups in total. The molecule has 0 saturated heterocycles. The topological polar surface area (TPSA) is 63.6 Å². The lowest BCUT2D eigenvalue weighted by atomic mass is 9.59. The van der Waals surface area contributed by atoms with E-state index in [-0.39, 0.29) is 29.0 Å². The SMILES string of the molecule is CCC1CC(C)([C@H](O)/C=C/[C@H]2C=CC(=O)[C@@H]2CCCCCCC(=O)OC)C1. The highest BCUT2D eigenvalue weighted by molar-refractivity contribution is 5.94. The van der Waals surface area contributed by atoms with Crippen LogP contribution < -0.4 is 0 Å². The number of aliphatic hydroxyl groups is 1. The molecule has 0 heterocycles. The Balaban J connectivity index is 1.73. The first kappa shape index (κ1) is 21.9. The minimum Gasteiger partial charge on any atom is -0.469 e. The second kappa shape index (κ2) is 10.2. The summed E-state index contributed by atoms with van der Waals surface area (Å²) in [6, 6.07) is 0. The summed E-state index contributed by atoms with van der Waals surface area (Å²) < 4.78 is 4.64. The maximum absolute atomic E-state index is 12.2. The Morgan fingerprint density at radius 2 is 2.04 bits per heavy atom. The predicted octanol–water partition coefficient (Wildman–Crippen LogP) is 4.61. The van der Waals surface area contributed by atoms with E-state index >= 15 is 0 Å². The summed E-state index contributed by atoms with van der Waals surface area (Å²) >= 11 is 0. The van der Waals surface area contributed by atoms with E-state index in [2.05, 4.69) is 18.6 Å². The normalized spacial score (nSPS) is 31.3. The first-order valence-corrected chi connectivity index (χ1v) is 10.5. The Morgan fingerprint density at radius 1 is 1.33 bits per heavy atom. The fourth-order valence-electron chi connectivity index (χ4n) is 4.53. The number of methoxy groups -OCH3 is 1. The van der Waals surface area contributed by atoms with Crippen molar-refractivity contribution in [3.63, 3.8) is 0 Å². The van der Waals surface area contributed by atoms with Crippen molar-refractivity contribution in [1.29, 1.82) is 0 Å². The molecule has 2 aliphatic carbocycles. The molecule has 0 radical (unpaired) electrons. The van der Waals surface area contributed by atoms with Crippen molar-refractivity contribution in [2.45, 2.75) is 77.7 Å². The lowest BCUT2D eigenvalue weighted by molar-refractivity contribution is -0.140. The average molecular weight is 377 g/mol. The standard InChI is InChI=1S/C23H36O4/c1-4-17-15-23(2,16-17)21(25)14-12-18-11-13-20(24)19(18)9-7-5-6-8-10-22(26)27-3/h11-14,17-19,21,25H,4-10,15-16H2,1-3H3/b14-12+/t17?,18-,19-,21-,23?/m1/s1. The molecule has 1 fully saturated rings. The molecule has 27 heavy (non-hydrogen) atoms. The van der Waals surface area contributed by atoms with Crippen molar-refractivity contribution < 1.29 is 19.4 Å². The fourth-order valence-corrected chi connectivity index (χ4v) is 4.53. The van der Waals surface area contributed by atoms with Gasteiger partial charge in [-0.25, -0.2) is 0 Å². The minimum absolute atomic E-state index is 0.00135. The highest BCUT2D eigenvalue weighted by atomic mass is 16.5. The van der Waals surface area contributed by atoms with Crippen LogP contribution in [0.5, 0.6) is 0 Å². The summed E-state index contributed by atoms with van der Waals surface area (Å²) in [6.45, 7) is 4.37. The smallest absolute Gasteiger partial charge is 0.305 e. The maximum atomic E-state index is 12.2. The van der Waals surface area contributed by atoms with Crippen LogP contribution in [0.4, 0.5) is 0 Å². The predicted molar refractivity (Wildman–Crippen MR) is 107 cm³/mol. The number of hydrogen-bond donors (Lipinski definition) is 1. The third-order valence-electron chi connectivity index (χ3n) is 6.50. The van der Waals surface area contributed by atoms with Crippen molar-refractivity contribution in [2.24, 2.45) is 23.2 Å². The monoisotopic (exact) mass is 376 g/mol. The second-order valence-electron chi connectivity index (χ2n) is 8.64. The van der Waals surface area contributed by atoms with Gasteiger partial charge in [-0.15, -0.1) is 0 Å². The molecule has 0 spiro atoms. The van der Waals surface area contributed by atoms with Crippen LogP contribution in [0.1, 0.15) is 71.6 Å². The van der Waals surface area contributed by atoms with Gasteiger partial charge in [0.25, 0.3) is 0 Å². The first-order chi connectivity index (χ1) is 12.9. The number of esters is 1. The highest BCUT2D eigenvalue weighted by Gasteiger charge is 2.43. The van der Waals surface area contributed by atoms with Crippen LogP contribution in [0.25, 0.3) is 0 Å². The summed E-state index contributed by atoms with van der Waals surface area (Å²) in [6.07, 6.45) is 15.7. The van der Waals surface area contributed by atoms with Gasteiger partial charge in [-0.2, -0.15) is 0 Å². The number of unbranched alkanes of at least 4 members (excludes halogenated alkanes) is 3. The highest BCUT2D eigenvalue weighted by Crippen LogP contribution is 2.49. The largest absolute Gasteiger partial charge is 0.469 e. The number of hydrogen-bond acceptors (Lipinski definition) is 4. The molecule has 0 amide bonds. The molecule has 0 aromatic carbocycles. The molecule has 1 saturated carbocycles. The van der Waals surface area contributed by atoms with E-state index < -0.39 is 6.10 Å². The number of ketones is 1. The van der Waals surface area contributed by atoms with Crippen LogP contribution in [0.2, 0.25) is 0 Å². The van der Waals surface area contributed by atoms with Crippen molar-refractivity contribution in [1.82, 2.24) is 0 Å². The van der Waals surface area contributed by atoms with Gasteiger partial charge in [0.2, 0.25) is 0 Å². The number of allylic oxidation sites excluding steroid dienone is 3. The fraction of sp³-hybridized carbons (Fsp3) is 0.739. The zero-order valence-corrected chi connectivity index (χ0v) is 17.2. The molecule has 0 aliphatic heterocycles. The average Bonchev–Trinajstić information content (AvgIpc) is 2.99. The zero-order valence-electron chi connectivity index (χ0n) is 17.2. The molecule has 0 bridgehead atoms. The maximum Gasteiger partial charge on any atom is 0.305 e. The number of ether oxygens (including phenoxy) is 1. The molecule has 2 rings (SSSR count). The van der Waals surface area contributed by atoms with E-state index in [1.165, 1.54) is 13.5 Å².